The Morgan fingerprint density at radius 2 is 1.47 bits per heavy atom. The summed E-state index contributed by atoms with van der Waals surface area (Å²) in [6.45, 7) is 2.10. The van der Waals surface area contributed by atoms with Crippen LogP contribution in [0.4, 0.5) is 4.39 Å². The first-order chi connectivity index (χ1) is 16.7. The van der Waals surface area contributed by atoms with Crippen LogP contribution in [0.25, 0.3) is 55.2 Å². The highest BCUT2D eigenvalue weighted by atomic mass is 19.1. The van der Waals surface area contributed by atoms with Gasteiger partial charge in [0.2, 0.25) is 5.52 Å². The molecule has 162 valence electrons. The Kier molecular flexibility index (Phi) is 3.94. The first kappa shape index (κ1) is 19.1. The third-order valence-corrected chi connectivity index (χ3v) is 6.74. The highest BCUT2D eigenvalue weighted by Gasteiger charge is 2.27. The van der Waals surface area contributed by atoms with Gasteiger partial charge < -0.3 is 4.98 Å². The highest BCUT2D eigenvalue weighted by Crippen LogP contribution is 2.37. The Balaban J connectivity index is 1.75. The number of hydrogen-bond donors (Lipinski definition) is 1. The second-order valence-electron chi connectivity index (χ2n) is 8.83. The summed E-state index contributed by atoms with van der Waals surface area (Å²) in [7, 11) is 0. The number of benzene rings is 4. The largest absolute Gasteiger partial charge is 0.351 e. The van der Waals surface area contributed by atoms with Gasteiger partial charge in [-0.05, 0) is 49.4 Å². The fraction of sp³-hybridized carbons (Fsp3) is 0.0333. The number of rotatable bonds is 2. The van der Waals surface area contributed by atoms with Crippen LogP contribution >= 0.6 is 0 Å². The summed E-state index contributed by atoms with van der Waals surface area (Å²) in [5, 5.41) is 3.62. The summed E-state index contributed by atoms with van der Waals surface area (Å²) in [6, 6.07) is 32.3. The van der Waals surface area contributed by atoms with Gasteiger partial charge in [0.25, 0.3) is 6.33 Å². The molecule has 4 heteroatoms. The van der Waals surface area contributed by atoms with Crippen LogP contribution in [0.1, 0.15) is 5.56 Å². The Morgan fingerprint density at radius 3 is 2.26 bits per heavy atom. The van der Waals surface area contributed by atoms with E-state index in [9.17, 15) is 4.39 Å². The van der Waals surface area contributed by atoms with Crippen molar-refractivity contribution in [3.63, 3.8) is 0 Å². The first-order valence-corrected chi connectivity index (χ1v) is 11.4. The molecule has 0 fully saturated rings. The number of nitrogens with one attached hydrogen (secondary N) is 1. The van der Waals surface area contributed by atoms with Crippen LogP contribution in [0.2, 0.25) is 0 Å². The Morgan fingerprint density at radius 1 is 0.765 bits per heavy atom. The van der Waals surface area contributed by atoms with Crippen molar-refractivity contribution in [1.29, 1.82) is 0 Å². The normalized spacial score (nSPS) is 11.8. The number of nitrogens with zero attached hydrogens (tertiary/aromatic N) is 2. The number of H-pyrrole nitrogens is 1. The number of aryl methyl sites for hydroxylation is 1. The molecule has 4 aromatic carbocycles. The lowest BCUT2D eigenvalue weighted by Gasteiger charge is -2.04. The lowest BCUT2D eigenvalue weighted by Crippen LogP contribution is -2.20. The van der Waals surface area contributed by atoms with Crippen LogP contribution in [0.5, 0.6) is 0 Å². The summed E-state index contributed by atoms with van der Waals surface area (Å²) in [5.74, 6) is -0.242. The van der Waals surface area contributed by atoms with Crippen molar-refractivity contribution in [2.75, 3.05) is 0 Å². The second-order valence-corrected chi connectivity index (χ2v) is 8.83. The van der Waals surface area contributed by atoms with Gasteiger partial charge >= 0.3 is 0 Å². The van der Waals surface area contributed by atoms with Gasteiger partial charge in [0.1, 0.15) is 17.0 Å². The molecule has 0 unspecified atom stereocenters. The van der Waals surface area contributed by atoms with Crippen molar-refractivity contribution in [3.8, 4) is 16.9 Å². The average Bonchev–Trinajstić information content (AvgIpc) is 3.45. The van der Waals surface area contributed by atoms with E-state index in [1.54, 1.807) is 0 Å². The number of halogens is 1. The molecule has 0 amide bonds. The van der Waals surface area contributed by atoms with Gasteiger partial charge in [-0.25, -0.2) is 4.39 Å². The van der Waals surface area contributed by atoms with Gasteiger partial charge in [-0.2, -0.15) is 8.97 Å². The monoisotopic (exact) mass is 442 g/mol. The molecule has 0 radical (unpaired) electrons. The second kappa shape index (κ2) is 7.03. The molecule has 0 aliphatic rings. The highest BCUT2D eigenvalue weighted by molar-refractivity contribution is 6.23. The molecule has 7 aromatic rings. The fourth-order valence-corrected chi connectivity index (χ4v) is 5.16. The Hall–Kier alpha value is -4.44. The quantitative estimate of drug-likeness (QED) is 0.276. The molecule has 3 heterocycles. The molecule has 7 rings (SSSR count). The molecule has 0 spiro atoms. The molecule has 0 bridgehead atoms. The fourth-order valence-electron chi connectivity index (χ4n) is 5.16. The van der Waals surface area contributed by atoms with Crippen LogP contribution in [0, 0.1) is 12.7 Å². The minimum absolute atomic E-state index is 0.242. The van der Waals surface area contributed by atoms with E-state index >= 15 is 0 Å². The first-order valence-electron chi connectivity index (χ1n) is 11.4. The van der Waals surface area contributed by atoms with Crippen molar-refractivity contribution >= 4 is 38.2 Å². The number of aromatic nitrogens is 3. The zero-order chi connectivity index (χ0) is 22.8. The molecule has 0 aliphatic heterocycles. The van der Waals surface area contributed by atoms with E-state index < -0.39 is 0 Å². The van der Waals surface area contributed by atoms with Crippen molar-refractivity contribution in [2.45, 2.75) is 6.92 Å². The number of fused-ring (bicyclic) bond motifs is 8. The minimum Gasteiger partial charge on any atom is -0.351 e. The molecular weight excluding hydrogens is 421 g/mol. The van der Waals surface area contributed by atoms with E-state index in [0.29, 0.717) is 0 Å². The van der Waals surface area contributed by atoms with E-state index in [-0.39, 0.29) is 5.82 Å². The predicted molar refractivity (Wildman–Crippen MR) is 136 cm³/mol. The predicted octanol–water partition coefficient (Wildman–Crippen LogP) is 7.12. The molecular formula is C30H21FN3+. The van der Waals surface area contributed by atoms with Gasteiger partial charge in [0.05, 0.1) is 5.52 Å². The van der Waals surface area contributed by atoms with Crippen LogP contribution in [-0.2, 0) is 0 Å². The van der Waals surface area contributed by atoms with Crippen molar-refractivity contribution < 1.29 is 8.79 Å². The zero-order valence-electron chi connectivity index (χ0n) is 18.6. The molecule has 3 nitrogen and oxygen atoms in total. The lowest BCUT2D eigenvalue weighted by atomic mass is 10.0. The number of para-hydroxylation sites is 2. The molecule has 3 aromatic heterocycles. The topological polar surface area (TPSA) is 24.8 Å². The van der Waals surface area contributed by atoms with Crippen LogP contribution in [0.15, 0.2) is 103 Å². The SMILES string of the molecule is Cc1ccc(-c2c3c4[nH]c5ccccc5c4c4ccccc4[n+]3cn2-c2ccc(F)cc2)cc1. The summed E-state index contributed by atoms with van der Waals surface area (Å²) >= 11 is 0. The van der Waals surface area contributed by atoms with Crippen LogP contribution < -0.4 is 4.40 Å². The van der Waals surface area contributed by atoms with Crippen molar-refractivity contribution in [1.82, 2.24) is 9.55 Å². The van der Waals surface area contributed by atoms with Gasteiger partial charge in [0, 0.05) is 27.2 Å². The molecule has 0 saturated carbocycles. The van der Waals surface area contributed by atoms with E-state index in [1.165, 1.54) is 33.9 Å². The molecule has 34 heavy (non-hydrogen) atoms. The summed E-state index contributed by atoms with van der Waals surface area (Å²) in [5.41, 5.74) is 8.72. The van der Waals surface area contributed by atoms with E-state index in [4.69, 9.17) is 0 Å². The van der Waals surface area contributed by atoms with Crippen LogP contribution in [0.3, 0.4) is 0 Å². The Bertz CT molecular complexity index is 1860. The van der Waals surface area contributed by atoms with E-state index in [1.807, 2.05) is 12.1 Å². The van der Waals surface area contributed by atoms with Gasteiger partial charge in [-0.1, -0.05) is 60.2 Å². The number of pyridine rings is 1. The number of aromatic amines is 1. The van der Waals surface area contributed by atoms with Crippen molar-refractivity contribution in [2.24, 2.45) is 0 Å². The molecule has 0 aliphatic carbocycles. The standard InChI is InChI=1S/C30H21FN3/c1-19-10-12-20(13-11-19)29-30-28-27(23-6-2-4-8-25(23)32-28)24-7-3-5-9-26(24)34(30)18-33(29)22-16-14-21(31)15-17-22/h2-18,32H,1H3/q+1. The summed E-state index contributed by atoms with van der Waals surface area (Å²) in [6.07, 6.45) is 2.12. The van der Waals surface area contributed by atoms with E-state index in [0.717, 1.165) is 39.0 Å². The smallest absolute Gasteiger partial charge is 0.255 e. The third kappa shape index (κ3) is 2.66. The maximum atomic E-state index is 13.8. The van der Waals surface area contributed by atoms with E-state index in [2.05, 4.69) is 100.0 Å². The molecule has 1 N–H and O–H groups in total. The average molecular weight is 443 g/mol. The van der Waals surface area contributed by atoms with Gasteiger partial charge in [-0.15, -0.1) is 0 Å². The molecule has 0 saturated heterocycles. The van der Waals surface area contributed by atoms with Crippen LogP contribution in [-0.4, -0.2) is 9.55 Å². The lowest BCUT2D eigenvalue weighted by molar-refractivity contribution is -0.480. The third-order valence-electron chi connectivity index (χ3n) is 6.74. The maximum Gasteiger partial charge on any atom is 0.255 e. The molecule has 0 atom stereocenters. The number of hydrogen-bond acceptors (Lipinski definition) is 0. The zero-order valence-corrected chi connectivity index (χ0v) is 18.6. The number of imidazole rings is 1. The van der Waals surface area contributed by atoms with Crippen molar-refractivity contribution in [3.05, 3.63) is 115 Å². The minimum atomic E-state index is -0.242. The van der Waals surface area contributed by atoms with Gasteiger partial charge in [0.15, 0.2) is 5.69 Å². The summed E-state index contributed by atoms with van der Waals surface area (Å²) < 4.78 is 18.2. The Labute approximate surface area is 195 Å². The summed E-state index contributed by atoms with van der Waals surface area (Å²) in [4.78, 5) is 3.71. The van der Waals surface area contributed by atoms with Gasteiger partial charge in [-0.3, -0.25) is 0 Å². The maximum absolute atomic E-state index is 13.8.